The van der Waals surface area contributed by atoms with E-state index in [4.69, 9.17) is 0 Å². The molecule has 1 aromatic carbocycles. The summed E-state index contributed by atoms with van der Waals surface area (Å²) in [7, 11) is -3.44. The van der Waals surface area contributed by atoms with Crippen molar-refractivity contribution in [2.45, 2.75) is 51.3 Å². The van der Waals surface area contributed by atoms with Gasteiger partial charge in [0.2, 0.25) is 5.91 Å². The van der Waals surface area contributed by atoms with E-state index in [2.05, 4.69) is 31.3 Å². The van der Waals surface area contributed by atoms with Gasteiger partial charge in [0, 0.05) is 17.5 Å². The maximum atomic E-state index is 12.2. The number of hydrogen-bond donors (Lipinski definition) is 1. The molecule has 136 valence electrons. The number of amides is 1. The molecular weight excluding hydrogens is 336 g/mol. The number of nitrogens with zero attached hydrogens (tertiary/aromatic N) is 1. The van der Waals surface area contributed by atoms with Crippen molar-refractivity contribution in [1.29, 1.82) is 0 Å². The van der Waals surface area contributed by atoms with E-state index in [0.717, 1.165) is 18.6 Å². The molecule has 1 amide bonds. The molecule has 6 heteroatoms. The molecule has 5 nitrogen and oxygen atoms in total. The van der Waals surface area contributed by atoms with Crippen LogP contribution < -0.4 is 5.43 Å². The zero-order chi connectivity index (χ0) is 18.3. The lowest BCUT2D eigenvalue weighted by Crippen LogP contribution is -2.34. The fourth-order valence-electron chi connectivity index (χ4n) is 4.26. The minimum Gasteiger partial charge on any atom is -0.273 e. The molecule has 0 radical (unpaired) electrons. The number of sulfone groups is 1. The third kappa shape index (κ3) is 3.12. The van der Waals surface area contributed by atoms with E-state index < -0.39 is 9.84 Å². The van der Waals surface area contributed by atoms with E-state index in [9.17, 15) is 13.2 Å². The van der Waals surface area contributed by atoms with Crippen LogP contribution in [0.25, 0.3) is 0 Å². The Balaban J connectivity index is 1.60. The van der Waals surface area contributed by atoms with Gasteiger partial charge in [0.05, 0.1) is 10.6 Å². The second kappa shape index (κ2) is 6.24. The van der Waals surface area contributed by atoms with Gasteiger partial charge in [-0.2, -0.15) is 5.10 Å². The third-order valence-corrected chi connectivity index (χ3v) is 8.26. The fourth-order valence-corrected chi connectivity index (χ4v) is 5.52. The molecule has 0 unspecified atom stereocenters. The number of nitrogens with one attached hydrogen (secondary N) is 1. The normalized spacial score (nSPS) is 29.1. The summed E-state index contributed by atoms with van der Waals surface area (Å²) < 4.78 is 24.4. The smallest absolute Gasteiger partial charge is 0.241 e. The molecule has 2 fully saturated rings. The minimum absolute atomic E-state index is 0.0288. The van der Waals surface area contributed by atoms with E-state index in [0.29, 0.717) is 5.92 Å². The van der Waals surface area contributed by atoms with E-state index >= 15 is 0 Å². The fraction of sp³-hybridized carbons (Fsp3) is 0.579. The predicted molar refractivity (Wildman–Crippen MR) is 97.9 cm³/mol. The zero-order valence-electron chi connectivity index (χ0n) is 15.1. The SMILES string of the molecule is CC1(C)[C@H]2CC[C@]1(C)/C(=N/NC(=O)CCS(=O)(=O)c1ccccc1)C2. The molecule has 1 aromatic rings. The summed E-state index contributed by atoms with van der Waals surface area (Å²) in [6.07, 6.45) is 3.15. The first-order valence-corrected chi connectivity index (χ1v) is 10.5. The van der Waals surface area contributed by atoms with Crippen LogP contribution >= 0.6 is 0 Å². The molecule has 2 atom stereocenters. The lowest BCUT2D eigenvalue weighted by molar-refractivity contribution is -0.120. The Morgan fingerprint density at radius 3 is 2.48 bits per heavy atom. The second-order valence-electron chi connectivity index (χ2n) is 7.97. The van der Waals surface area contributed by atoms with Crippen molar-refractivity contribution < 1.29 is 13.2 Å². The van der Waals surface area contributed by atoms with Gasteiger partial charge >= 0.3 is 0 Å². The van der Waals surface area contributed by atoms with Crippen LogP contribution in [0.15, 0.2) is 40.3 Å². The molecule has 0 aliphatic heterocycles. The molecule has 2 bridgehead atoms. The molecule has 0 spiro atoms. The van der Waals surface area contributed by atoms with Crippen LogP contribution in [0.1, 0.15) is 46.5 Å². The molecule has 3 rings (SSSR count). The van der Waals surface area contributed by atoms with Crippen molar-refractivity contribution in [2.75, 3.05) is 5.75 Å². The van der Waals surface area contributed by atoms with Crippen LogP contribution in [-0.4, -0.2) is 25.8 Å². The number of fused-ring (bicyclic) bond motifs is 2. The van der Waals surface area contributed by atoms with Crippen molar-refractivity contribution in [3.63, 3.8) is 0 Å². The van der Waals surface area contributed by atoms with Gasteiger partial charge < -0.3 is 0 Å². The van der Waals surface area contributed by atoms with Crippen LogP contribution in [0, 0.1) is 16.7 Å². The minimum atomic E-state index is -3.44. The molecule has 2 saturated carbocycles. The summed E-state index contributed by atoms with van der Waals surface area (Å²) in [5.74, 6) is 0.0572. The molecule has 2 aliphatic carbocycles. The van der Waals surface area contributed by atoms with E-state index in [1.807, 2.05) is 0 Å². The first-order valence-electron chi connectivity index (χ1n) is 8.80. The highest BCUT2D eigenvalue weighted by molar-refractivity contribution is 7.91. The van der Waals surface area contributed by atoms with E-state index in [-0.39, 0.29) is 33.8 Å². The standard InChI is InChI=1S/C19H26N2O3S/c1-18(2)14-9-11-19(18,3)16(13-14)20-21-17(22)10-12-25(23,24)15-7-5-4-6-8-15/h4-8,14H,9-13H2,1-3H3,(H,21,22)/b20-16+/t14-,19+/m0/s1. The van der Waals surface area contributed by atoms with Crippen molar-refractivity contribution in [2.24, 2.45) is 21.8 Å². The summed E-state index contributed by atoms with van der Waals surface area (Å²) in [6, 6.07) is 8.21. The summed E-state index contributed by atoms with van der Waals surface area (Å²) >= 11 is 0. The van der Waals surface area contributed by atoms with Gasteiger partial charge in [0.1, 0.15) is 0 Å². The second-order valence-corrected chi connectivity index (χ2v) is 10.1. The maximum absolute atomic E-state index is 12.2. The quantitative estimate of drug-likeness (QED) is 0.818. The number of rotatable bonds is 5. The Morgan fingerprint density at radius 2 is 1.92 bits per heavy atom. The molecule has 0 heterocycles. The Morgan fingerprint density at radius 1 is 1.24 bits per heavy atom. The van der Waals surface area contributed by atoms with Crippen molar-refractivity contribution >= 4 is 21.5 Å². The summed E-state index contributed by atoms with van der Waals surface area (Å²) in [5, 5.41) is 4.37. The van der Waals surface area contributed by atoms with Gasteiger partial charge in [0.25, 0.3) is 0 Å². The highest BCUT2D eigenvalue weighted by Crippen LogP contribution is 2.63. The first kappa shape index (κ1) is 18.1. The number of hydrazone groups is 1. The van der Waals surface area contributed by atoms with E-state index in [1.54, 1.807) is 30.3 Å². The van der Waals surface area contributed by atoms with Gasteiger partial charge in [-0.05, 0) is 42.7 Å². The number of benzene rings is 1. The third-order valence-electron chi connectivity index (χ3n) is 6.53. The maximum Gasteiger partial charge on any atom is 0.241 e. The average Bonchev–Trinajstić information content (AvgIpc) is 2.92. The highest BCUT2D eigenvalue weighted by Gasteiger charge is 2.59. The van der Waals surface area contributed by atoms with Crippen molar-refractivity contribution in [3.05, 3.63) is 30.3 Å². The number of carbonyl (C=O) groups is 1. The van der Waals surface area contributed by atoms with Crippen molar-refractivity contribution in [1.82, 2.24) is 5.43 Å². The van der Waals surface area contributed by atoms with Crippen LogP contribution in [0.3, 0.4) is 0 Å². The lowest BCUT2D eigenvalue weighted by Gasteiger charge is -2.34. The van der Waals surface area contributed by atoms with Crippen LogP contribution in [-0.2, 0) is 14.6 Å². The summed E-state index contributed by atoms with van der Waals surface area (Å²) in [6.45, 7) is 6.79. The Labute approximate surface area is 149 Å². The molecule has 2 aliphatic rings. The van der Waals surface area contributed by atoms with Gasteiger partial charge in [-0.15, -0.1) is 0 Å². The van der Waals surface area contributed by atoms with Gasteiger partial charge in [0.15, 0.2) is 9.84 Å². The van der Waals surface area contributed by atoms with Gasteiger partial charge in [-0.3, -0.25) is 4.79 Å². The average molecular weight is 362 g/mol. The molecule has 0 saturated heterocycles. The Bertz CT molecular complexity index is 799. The van der Waals surface area contributed by atoms with Crippen LogP contribution in [0.2, 0.25) is 0 Å². The predicted octanol–water partition coefficient (Wildman–Crippen LogP) is 3.17. The largest absolute Gasteiger partial charge is 0.273 e. The summed E-state index contributed by atoms with van der Waals surface area (Å²) in [4.78, 5) is 12.3. The Kier molecular flexibility index (Phi) is 4.52. The zero-order valence-corrected chi connectivity index (χ0v) is 15.9. The van der Waals surface area contributed by atoms with E-state index in [1.165, 1.54) is 6.42 Å². The molecule has 1 N–H and O–H groups in total. The Hall–Kier alpha value is -1.69. The topological polar surface area (TPSA) is 75.6 Å². The highest BCUT2D eigenvalue weighted by atomic mass is 32.2. The number of carbonyl (C=O) groups excluding carboxylic acids is 1. The number of hydrogen-bond acceptors (Lipinski definition) is 4. The van der Waals surface area contributed by atoms with Crippen LogP contribution in [0.5, 0.6) is 0 Å². The summed E-state index contributed by atoms with van der Waals surface area (Å²) in [5.41, 5.74) is 3.86. The van der Waals surface area contributed by atoms with Gasteiger partial charge in [-0.1, -0.05) is 39.0 Å². The molecular formula is C19H26N2O3S. The molecule has 25 heavy (non-hydrogen) atoms. The molecule has 0 aromatic heterocycles. The van der Waals surface area contributed by atoms with Gasteiger partial charge in [-0.25, -0.2) is 13.8 Å². The first-order chi connectivity index (χ1) is 11.7. The van der Waals surface area contributed by atoms with Crippen molar-refractivity contribution in [3.8, 4) is 0 Å². The van der Waals surface area contributed by atoms with Crippen LogP contribution in [0.4, 0.5) is 0 Å². The monoisotopic (exact) mass is 362 g/mol. The lowest BCUT2D eigenvalue weighted by atomic mass is 9.70.